The van der Waals surface area contributed by atoms with Crippen molar-refractivity contribution in [3.8, 4) is 0 Å². The number of nitrogens with one attached hydrogen (secondary N) is 2. The Morgan fingerprint density at radius 2 is 2.13 bits per heavy atom. The summed E-state index contributed by atoms with van der Waals surface area (Å²) in [6.45, 7) is 5.26. The van der Waals surface area contributed by atoms with Crippen LogP contribution in [-0.4, -0.2) is 67.7 Å². The van der Waals surface area contributed by atoms with Crippen LogP contribution in [0.25, 0.3) is 0 Å². The molecule has 0 saturated carbocycles. The summed E-state index contributed by atoms with van der Waals surface area (Å²) in [6.07, 6.45) is 1.63. The fourth-order valence-corrected chi connectivity index (χ4v) is 4.34. The number of carboxylic acids is 1. The lowest BCUT2D eigenvalue weighted by atomic mass is 10.0. The van der Waals surface area contributed by atoms with Gasteiger partial charge < -0.3 is 20.6 Å². The molecule has 3 atom stereocenters. The summed E-state index contributed by atoms with van der Waals surface area (Å²) in [7, 11) is 0. The molecule has 12 heteroatoms. The van der Waals surface area contributed by atoms with Gasteiger partial charge in [0, 0.05) is 5.25 Å². The fraction of sp³-hybridized carbons (Fsp3) is 0.368. The van der Waals surface area contributed by atoms with E-state index in [0.29, 0.717) is 6.41 Å². The molecule has 2 unspecified atom stereocenters. The third-order valence-corrected chi connectivity index (χ3v) is 5.65. The summed E-state index contributed by atoms with van der Waals surface area (Å²) in [5, 5.41) is 17.5. The highest BCUT2D eigenvalue weighted by molar-refractivity contribution is 8.00. The molecule has 1 aromatic rings. The van der Waals surface area contributed by atoms with Gasteiger partial charge in [0.05, 0.1) is 0 Å². The zero-order valence-electron chi connectivity index (χ0n) is 16.9. The number of pyridine rings is 1. The van der Waals surface area contributed by atoms with Crippen molar-refractivity contribution in [3.63, 3.8) is 0 Å². The Balaban J connectivity index is 1.83. The van der Waals surface area contributed by atoms with Crippen LogP contribution >= 0.6 is 11.8 Å². The van der Waals surface area contributed by atoms with Crippen molar-refractivity contribution < 1.29 is 29.1 Å². The first-order valence-electron chi connectivity index (χ1n) is 9.39. The van der Waals surface area contributed by atoms with E-state index >= 15 is 0 Å². The minimum Gasteiger partial charge on any atom is -0.477 e. The van der Waals surface area contributed by atoms with Crippen LogP contribution in [0.5, 0.6) is 0 Å². The van der Waals surface area contributed by atoms with Crippen molar-refractivity contribution in [1.82, 2.24) is 15.2 Å². The van der Waals surface area contributed by atoms with E-state index in [-0.39, 0.29) is 34.3 Å². The average molecular weight is 447 g/mol. The number of rotatable bonds is 8. The predicted octanol–water partition coefficient (Wildman–Crippen LogP) is 0.536. The van der Waals surface area contributed by atoms with Gasteiger partial charge in [0.2, 0.25) is 6.41 Å². The van der Waals surface area contributed by atoms with Gasteiger partial charge in [-0.3, -0.25) is 19.3 Å². The van der Waals surface area contributed by atoms with Crippen LogP contribution in [0, 0.1) is 0 Å². The second kappa shape index (κ2) is 9.16. The van der Waals surface area contributed by atoms with Gasteiger partial charge >= 0.3 is 5.97 Å². The highest BCUT2D eigenvalue weighted by Crippen LogP contribution is 2.40. The number of aliphatic carboxylic acids is 1. The van der Waals surface area contributed by atoms with Crippen LogP contribution in [-0.2, 0) is 24.0 Å². The van der Waals surface area contributed by atoms with Gasteiger partial charge in [-0.15, -0.1) is 11.8 Å². The Hall–Kier alpha value is -3.41. The number of thioether (sulfide) groups is 1. The van der Waals surface area contributed by atoms with Crippen LogP contribution < -0.4 is 10.6 Å². The molecule has 0 spiro atoms. The number of carbonyl (C=O) groups is 4. The molecule has 2 aliphatic rings. The summed E-state index contributed by atoms with van der Waals surface area (Å²) in [5.74, 6) is -2.24. The molecule has 164 valence electrons. The van der Waals surface area contributed by atoms with Gasteiger partial charge in [-0.25, -0.2) is 9.78 Å². The second-order valence-corrected chi connectivity index (χ2v) is 8.51. The first kappa shape index (κ1) is 22.3. The van der Waals surface area contributed by atoms with E-state index in [9.17, 15) is 24.3 Å². The highest BCUT2D eigenvalue weighted by Gasteiger charge is 2.54. The summed E-state index contributed by atoms with van der Waals surface area (Å²) >= 11 is 1.36. The second-order valence-electron chi connectivity index (χ2n) is 7.01. The molecule has 1 aromatic heterocycles. The van der Waals surface area contributed by atoms with E-state index in [2.05, 4.69) is 20.8 Å². The zero-order chi connectivity index (χ0) is 22.7. The lowest BCUT2D eigenvalue weighted by Crippen LogP contribution is -2.71. The Kier molecular flexibility index (Phi) is 6.59. The molecule has 2 aliphatic heterocycles. The lowest BCUT2D eigenvalue weighted by molar-refractivity contribution is -0.150. The minimum absolute atomic E-state index is 0.0990. The van der Waals surface area contributed by atoms with E-state index < -0.39 is 29.2 Å². The molecule has 3 heterocycles. The zero-order valence-corrected chi connectivity index (χ0v) is 17.8. The predicted molar refractivity (Wildman–Crippen MR) is 112 cm³/mol. The first-order valence-corrected chi connectivity index (χ1v) is 10.3. The number of hydrogen-bond donors (Lipinski definition) is 3. The standard InChI is InChI=1S/C19H21N5O6S/c1-9(2)30-23-14(11-5-4-6-13(21-11)20-8-25)16(26)22-15-17(27)24-12(19(28)29)7-10(3)31-18(15)24/h4-10,15,18H,1-3H3,(H,22,26)(H,28,29)(H,20,21,25)/t10?,15?,18-/m1/s1. The molecule has 3 amide bonds. The number of anilines is 1. The molecule has 0 radical (unpaired) electrons. The molecule has 0 aromatic carbocycles. The van der Waals surface area contributed by atoms with Crippen LogP contribution in [0.1, 0.15) is 26.5 Å². The smallest absolute Gasteiger partial charge is 0.352 e. The largest absolute Gasteiger partial charge is 0.477 e. The van der Waals surface area contributed by atoms with E-state index in [0.717, 1.165) is 4.90 Å². The third kappa shape index (κ3) is 4.68. The lowest BCUT2D eigenvalue weighted by Gasteiger charge is -2.49. The topological polar surface area (TPSA) is 150 Å². The van der Waals surface area contributed by atoms with Crippen molar-refractivity contribution in [2.24, 2.45) is 5.16 Å². The van der Waals surface area contributed by atoms with Crippen molar-refractivity contribution in [1.29, 1.82) is 0 Å². The maximum Gasteiger partial charge on any atom is 0.352 e. The molecule has 0 aliphatic carbocycles. The highest BCUT2D eigenvalue weighted by atomic mass is 32.2. The van der Waals surface area contributed by atoms with Crippen molar-refractivity contribution in [2.75, 3.05) is 5.32 Å². The number of carboxylic acid groups (broad SMARTS) is 1. The van der Waals surface area contributed by atoms with Crippen molar-refractivity contribution in [3.05, 3.63) is 35.7 Å². The molecule has 1 saturated heterocycles. The molecule has 31 heavy (non-hydrogen) atoms. The van der Waals surface area contributed by atoms with Gasteiger partial charge in [-0.05, 0) is 39.0 Å². The number of carbonyl (C=O) groups excluding carboxylic acids is 3. The quantitative estimate of drug-likeness (QED) is 0.226. The maximum absolute atomic E-state index is 13.0. The maximum atomic E-state index is 13.0. The molecular formula is C19H21N5O6S. The normalized spacial score (nSPS) is 22.8. The minimum atomic E-state index is -1.20. The van der Waals surface area contributed by atoms with Crippen molar-refractivity contribution in [2.45, 2.75) is 43.5 Å². The Labute approximate surface area is 181 Å². The Morgan fingerprint density at radius 3 is 2.77 bits per heavy atom. The van der Waals surface area contributed by atoms with E-state index in [1.165, 1.54) is 30.0 Å². The molecule has 0 bridgehead atoms. The number of oxime groups is 1. The Morgan fingerprint density at radius 1 is 1.39 bits per heavy atom. The Bertz CT molecular complexity index is 978. The first-order chi connectivity index (χ1) is 14.7. The van der Waals surface area contributed by atoms with E-state index in [4.69, 9.17) is 4.84 Å². The average Bonchev–Trinajstić information content (AvgIpc) is 2.71. The fourth-order valence-electron chi connectivity index (χ4n) is 3.01. The summed E-state index contributed by atoms with van der Waals surface area (Å²) < 4.78 is 0. The molecule has 3 rings (SSSR count). The molecule has 11 nitrogen and oxygen atoms in total. The number of nitrogens with zero attached hydrogens (tertiary/aromatic N) is 3. The van der Waals surface area contributed by atoms with Crippen LogP contribution in [0.3, 0.4) is 0 Å². The monoisotopic (exact) mass is 447 g/mol. The SMILES string of the molecule is CC(C)ON=C(C(=O)NC1C(=O)N2C(C(=O)O)=CC(C)S[C@H]12)c1cccc(NC=O)n1. The summed E-state index contributed by atoms with van der Waals surface area (Å²) in [4.78, 5) is 58.2. The van der Waals surface area contributed by atoms with E-state index in [1.54, 1.807) is 19.9 Å². The molecule has 3 N–H and O–H groups in total. The molecule has 1 fully saturated rings. The van der Waals surface area contributed by atoms with Gasteiger partial charge in [0.25, 0.3) is 11.8 Å². The summed E-state index contributed by atoms with van der Waals surface area (Å²) in [6, 6.07) is 3.69. The van der Waals surface area contributed by atoms with Gasteiger partial charge in [-0.1, -0.05) is 11.2 Å². The number of fused-ring (bicyclic) bond motifs is 1. The van der Waals surface area contributed by atoms with Gasteiger partial charge in [-0.2, -0.15) is 0 Å². The number of aromatic nitrogens is 1. The molecular weight excluding hydrogens is 426 g/mol. The van der Waals surface area contributed by atoms with E-state index in [1.807, 2.05) is 6.92 Å². The van der Waals surface area contributed by atoms with Gasteiger partial charge in [0.1, 0.15) is 34.7 Å². The number of amides is 3. The number of hydrogen-bond acceptors (Lipinski definition) is 8. The summed E-state index contributed by atoms with van der Waals surface area (Å²) in [5.41, 5.74) is -0.153. The van der Waals surface area contributed by atoms with Gasteiger partial charge in [0.15, 0.2) is 5.71 Å². The van der Waals surface area contributed by atoms with Crippen LogP contribution in [0.15, 0.2) is 35.1 Å². The third-order valence-electron chi connectivity index (χ3n) is 4.32. The van der Waals surface area contributed by atoms with Crippen LogP contribution in [0.2, 0.25) is 0 Å². The van der Waals surface area contributed by atoms with Crippen LogP contribution in [0.4, 0.5) is 5.82 Å². The number of β-lactam (4-membered cyclic amide) rings is 1. The van der Waals surface area contributed by atoms with Crippen molar-refractivity contribution >= 4 is 47.5 Å².